The summed E-state index contributed by atoms with van der Waals surface area (Å²) < 4.78 is 5.36. The average Bonchev–Trinajstić information content (AvgIpc) is 3.37. The van der Waals surface area contributed by atoms with Crippen LogP contribution in [0.4, 0.5) is 11.4 Å². The summed E-state index contributed by atoms with van der Waals surface area (Å²) in [5.41, 5.74) is 1.42. The lowest BCUT2D eigenvalue weighted by Crippen LogP contribution is -2.42. The van der Waals surface area contributed by atoms with E-state index in [0.717, 1.165) is 0 Å². The predicted molar refractivity (Wildman–Crippen MR) is 109 cm³/mol. The summed E-state index contributed by atoms with van der Waals surface area (Å²) in [6.07, 6.45) is 4.43. The standard InChI is InChI=1S/C23H22N2O5/c1-30-18-12-16(9-10-17(18)25-21(26)13-5-3-2-4-6-13)24-22(27)19-14-7-8-15(11-14)20(19)23(28)29/h2-10,12,14-15,19-20H,11H2,1H3,(H,24,27)(H,25,26)(H,28,29)/p-1/t14-,15-,19+,20-/m0/s1. The monoisotopic (exact) mass is 405 g/mol. The number of anilines is 2. The summed E-state index contributed by atoms with van der Waals surface area (Å²) in [5.74, 6) is -3.17. The van der Waals surface area contributed by atoms with Gasteiger partial charge in [-0.25, -0.2) is 0 Å². The highest BCUT2D eigenvalue weighted by atomic mass is 16.5. The predicted octanol–water partition coefficient (Wildman–Crippen LogP) is 2.07. The molecule has 0 unspecified atom stereocenters. The van der Waals surface area contributed by atoms with E-state index in [4.69, 9.17) is 4.74 Å². The van der Waals surface area contributed by atoms with Crippen molar-refractivity contribution >= 4 is 29.2 Å². The number of allylic oxidation sites excluding steroid dienone is 2. The first-order valence-electron chi connectivity index (χ1n) is 9.72. The number of fused-ring (bicyclic) bond motifs is 2. The molecule has 7 heteroatoms. The number of carboxylic acid groups (broad SMARTS) is 1. The highest BCUT2D eigenvalue weighted by molar-refractivity contribution is 6.05. The minimum absolute atomic E-state index is 0.0933. The fourth-order valence-corrected chi connectivity index (χ4v) is 4.38. The Morgan fingerprint density at radius 2 is 1.67 bits per heavy atom. The van der Waals surface area contributed by atoms with E-state index in [1.165, 1.54) is 7.11 Å². The lowest BCUT2D eigenvalue weighted by molar-refractivity contribution is -0.313. The number of nitrogens with one attached hydrogen (secondary N) is 2. The SMILES string of the molecule is COc1cc(NC(=O)[C@H]2[C@@H](C(=O)[O-])[C@H]3C=C[C@H]2C3)ccc1NC(=O)c1ccccc1. The zero-order chi connectivity index (χ0) is 21.3. The normalized spacial score (nSPS) is 23.8. The van der Waals surface area contributed by atoms with Gasteiger partial charge in [0.25, 0.3) is 5.91 Å². The van der Waals surface area contributed by atoms with Crippen LogP contribution in [0.25, 0.3) is 0 Å². The van der Waals surface area contributed by atoms with E-state index >= 15 is 0 Å². The maximum atomic E-state index is 12.8. The zero-order valence-corrected chi connectivity index (χ0v) is 16.3. The van der Waals surface area contributed by atoms with Crippen LogP contribution in [0.5, 0.6) is 5.75 Å². The van der Waals surface area contributed by atoms with Crippen LogP contribution in [0.15, 0.2) is 60.7 Å². The van der Waals surface area contributed by atoms with Gasteiger partial charge in [-0.3, -0.25) is 9.59 Å². The topological polar surface area (TPSA) is 108 Å². The molecule has 4 atom stereocenters. The zero-order valence-electron chi connectivity index (χ0n) is 16.3. The Bertz CT molecular complexity index is 1020. The molecule has 0 radical (unpaired) electrons. The van der Waals surface area contributed by atoms with Crippen molar-refractivity contribution in [3.05, 3.63) is 66.2 Å². The summed E-state index contributed by atoms with van der Waals surface area (Å²) in [6, 6.07) is 13.6. The Morgan fingerprint density at radius 3 is 2.33 bits per heavy atom. The maximum Gasteiger partial charge on any atom is 0.255 e. The van der Waals surface area contributed by atoms with E-state index in [1.54, 1.807) is 42.5 Å². The van der Waals surface area contributed by atoms with E-state index in [-0.39, 0.29) is 23.7 Å². The summed E-state index contributed by atoms with van der Waals surface area (Å²) in [6.45, 7) is 0. The number of amides is 2. The third-order valence-electron chi connectivity index (χ3n) is 5.79. The van der Waals surface area contributed by atoms with Gasteiger partial charge in [0.05, 0.1) is 18.7 Å². The van der Waals surface area contributed by atoms with Gasteiger partial charge in [-0.05, 0) is 42.5 Å². The molecule has 0 saturated heterocycles. The van der Waals surface area contributed by atoms with Crippen molar-refractivity contribution in [2.75, 3.05) is 17.7 Å². The van der Waals surface area contributed by atoms with E-state index in [9.17, 15) is 19.5 Å². The first-order chi connectivity index (χ1) is 14.5. The van der Waals surface area contributed by atoms with E-state index in [2.05, 4.69) is 10.6 Å². The number of hydrogen-bond donors (Lipinski definition) is 2. The molecule has 1 fully saturated rings. The van der Waals surface area contributed by atoms with Gasteiger partial charge in [-0.15, -0.1) is 0 Å². The van der Waals surface area contributed by atoms with Crippen molar-refractivity contribution in [3.8, 4) is 5.75 Å². The summed E-state index contributed by atoms with van der Waals surface area (Å²) in [4.78, 5) is 36.7. The molecule has 2 aliphatic carbocycles. The van der Waals surface area contributed by atoms with Crippen LogP contribution in [0.1, 0.15) is 16.8 Å². The van der Waals surface area contributed by atoms with Crippen LogP contribution in [0.3, 0.4) is 0 Å². The van der Waals surface area contributed by atoms with Crippen LogP contribution in [-0.4, -0.2) is 24.9 Å². The number of carboxylic acids is 1. The molecule has 2 amide bonds. The molecule has 1 saturated carbocycles. The van der Waals surface area contributed by atoms with Crippen molar-refractivity contribution in [2.24, 2.45) is 23.7 Å². The van der Waals surface area contributed by atoms with Crippen LogP contribution in [-0.2, 0) is 9.59 Å². The van der Waals surface area contributed by atoms with E-state index in [1.807, 2.05) is 18.2 Å². The molecule has 2 aromatic carbocycles. The summed E-state index contributed by atoms with van der Waals surface area (Å²) in [7, 11) is 1.46. The molecule has 0 heterocycles. The van der Waals surface area contributed by atoms with Crippen LogP contribution in [0.2, 0.25) is 0 Å². The van der Waals surface area contributed by atoms with Crippen LogP contribution >= 0.6 is 0 Å². The molecule has 4 rings (SSSR count). The molecule has 2 bridgehead atoms. The van der Waals surface area contributed by atoms with Crippen molar-refractivity contribution in [1.82, 2.24) is 0 Å². The second-order valence-corrected chi connectivity index (χ2v) is 7.54. The van der Waals surface area contributed by atoms with Gasteiger partial charge in [-0.2, -0.15) is 0 Å². The lowest BCUT2D eigenvalue weighted by Gasteiger charge is -2.27. The third kappa shape index (κ3) is 3.66. The number of hydrogen-bond acceptors (Lipinski definition) is 5. The molecular formula is C23H21N2O5-. The number of methoxy groups -OCH3 is 1. The first kappa shape index (κ1) is 19.7. The number of benzene rings is 2. The molecule has 2 N–H and O–H groups in total. The van der Waals surface area contributed by atoms with Crippen LogP contribution in [0, 0.1) is 23.7 Å². The molecule has 0 aromatic heterocycles. The molecule has 2 aromatic rings. The van der Waals surface area contributed by atoms with Gasteiger partial charge in [0.15, 0.2) is 0 Å². The van der Waals surface area contributed by atoms with Crippen molar-refractivity contribution in [3.63, 3.8) is 0 Å². The molecule has 154 valence electrons. The van der Waals surface area contributed by atoms with Crippen molar-refractivity contribution < 1.29 is 24.2 Å². The molecule has 0 spiro atoms. The van der Waals surface area contributed by atoms with Gasteiger partial charge in [-0.1, -0.05) is 30.4 Å². The number of ether oxygens (including phenoxy) is 1. The molecule has 0 aliphatic heterocycles. The lowest BCUT2D eigenvalue weighted by atomic mass is 9.82. The van der Waals surface area contributed by atoms with Crippen molar-refractivity contribution in [2.45, 2.75) is 6.42 Å². The van der Waals surface area contributed by atoms with Gasteiger partial charge in [0.2, 0.25) is 5.91 Å². The summed E-state index contributed by atoms with van der Waals surface area (Å²) in [5, 5.41) is 17.1. The van der Waals surface area contributed by atoms with Crippen LogP contribution < -0.4 is 20.5 Å². The smallest absolute Gasteiger partial charge is 0.255 e. The maximum absolute atomic E-state index is 12.8. The highest BCUT2D eigenvalue weighted by Crippen LogP contribution is 2.48. The molecular weight excluding hydrogens is 384 g/mol. The van der Waals surface area contributed by atoms with Gasteiger partial charge in [0.1, 0.15) is 5.75 Å². The van der Waals surface area contributed by atoms with Crippen molar-refractivity contribution in [1.29, 1.82) is 0 Å². The molecule has 7 nitrogen and oxygen atoms in total. The number of rotatable bonds is 6. The second kappa shape index (κ2) is 8.02. The Hall–Kier alpha value is -3.61. The number of carbonyl (C=O) groups excluding carboxylic acids is 3. The number of aliphatic carboxylic acids is 1. The first-order valence-corrected chi connectivity index (χ1v) is 9.72. The third-order valence-corrected chi connectivity index (χ3v) is 5.79. The fraction of sp³-hybridized carbons (Fsp3) is 0.261. The number of carbonyl (C=O) groups is 3. The Labute approximate surface area is 173 Å². The van der Waals surface area contributed by atoms with Gasteiger partial charge < -0.3 is 25.3 Å². The Balaban J connectivity index is 1.49. The fourth-order valence-electron chi connectivity index (χ4n) is 4.38. The quantitative estimate of drug-likeness (QED) is 0.716. The van der Waals surface area contributed by atoms with E-state index < -0.39 is 17.8 Å². The second-order valence-electron chi connectivity index (χ2n) is 7.54. The molecule has 30 heavy (non-hydrogen) atoms. The average molecular weight is 405 g/mol. The Morgan fingerprint density at radius 1 is 0.967 bits per heavy atom. The van der Waals surface area contributed by atoms with Gasteiger partial charge >= 0.3 is 0 Å². The van der Waals surface area contributed by atoms with Gasteiger partial charge in [0, 0.05) is 29.2 Å². The minimum atomic E-state index is -1.19. The summed E-state index contributed by atoms with van der Waals surface area (Å²) >= 11 is 0. The largest absolute Gasteiger partial charge is 0.550 e. The molecule has 2 aliphatic rings. The highest BCUT2D eigenvalue weighted by Gasteiger charge is 2.48. The minimum Gasteiger partial charge on any atom is -0.550 e. The van der Waals surface area contributed by atoms with E-state index in [0.29, 0.717) is 29.1 Å². The Kier molecular flexibility index (Phi) is 5.27.